The second-order valence-electron chi connectivity index (χ2n) is 4.01. The number of nitrogens with two attached hydrogens (primary N) is 1. The van der Waals surface area contributed by atoms with E-state index in [0.717, 1.165) is 5.56 Å². The van der Waals surface area contributed by atoms with Gasteiger partial charge in [-0.15, -0.1) is 11.8 Å². The van der Waals surface area contributed by atoms with Crippen LogP contribution in [0.15, 0.2) is 47.6 Å². The van der Waals surface area contributed by atoms with Crippen molar-refractivity contribution in [1.82, 2.24) is 4.98 Å². The molecule has 102 valence electrons. The number of primary amides is 1. The number of benzene rings is 1. The summed E-state index contributed by atoms with van der Waals surface area (Å²) < 4.78 is 0. The van der Waals surface area contributed by atoms with Gasteiger partial charge in [-0.05, 0) is 29.8 Å². The van der Waals surface area contributed by atoms with Crippen LogP contribution in [0.5, 0.6) is 0 Å². The highest BCUT2D eigenvalue weighted by Gasteiger charge is 2.11. The lowest BCUT2D eigenvalue weighted by atomic mass is 10.1. The van der Waals surface area contributed by atoms with Crippen molar-refractivity contribution in [3.63, 3.8) is 0 Å². The number of carboxylic acids is 1. The normalized spacial score (nSPS) is 10.2. The second kappa shape index (κ2) is 6.21. The van der Waals surface area contributed by atoms with Crippen molar-refractivity contribution in [1.29, 1.82) is 0 Å². The lowest BCUT2D eigenvalue weighted by molar-refractivity contribution is 0.0692. The van der Waals surface area contributed by atoms with Crippen molar-refractivity contribution in [2.75, 3.05) is 0 Å². The molecule has 2 aromatic rings. The molecule has 0 saturated heterocycles. The maximum absolute atomic E-state index is 11.0. The number of amides is 1. The van der Waals surface area contributed by atoms with Crippen LogP contribution >= 0.6 is 11.8 Å². The highest BCUT2D eigenvalue weighted by Crippen LogP contribution is 2.24. The van der Waals surface area contributed by atoms with Gasteiger partial charge in [0.25, 0.3) is 0 Å². The summed E-state index contributed by atoms with van der Waals surface area (Å²) in [5.41, 5.74) is 6.76. The molecule has 0 spiro atoms. The lowest BCUT2D eigenvalue weighted by Crippen LogP contribution is -2.10. The maximum atomic E-state index is 11.0. The average Bonchev–Trinajstić information content (AvgIpc) is 2.45. The van der Waals surface area contributed by atoms with Crippen molar-refractivity contribution >= 4 is 23.6 Å². The minimum absolute atomic E-state index is 0.186. The van der Waals surface area contributed by atoms with Gasteiger partial charge in [0, 0.05) is 17.5 Å². The van der Waals surface area contributed by atoms with Gasteiger partial charge in [-0.1, -0.05) is 12.1 Å². The Bertz CT molecular complexity index is 641. The van der Waals surface area contributed by atoms with Crippen LogP contribution in [0.3, 0.4) is 0 Å². The van der Waals surface area contributed by atoms with E-state index in [1.165, 1.54) is 17.8 Å². The van der Waals surface area contributed by atoms with Crippen LogP contribution in [0.4, 0.5) is 0 Å². The number of carboxylic acid groups (broad SMARTS) is 1. The van der Waals surface area contributed by atoms with E-state index < -0.39 is 11.9 Å². The summed E-state index contributed by atoms with van der Waals surface area (Å²) in [4.78, 5) is 26.1. The quantitative estimate of drug-likeness (QED) is 0.822. The number of carbonyl (C=O) groups is 2. The number of pyridine rings is 1. The number of carbonyl (C=O) groups excluding carboxylic acids is 1. The zero-order valence-corrected chi connectivity index (χ0v) is 11.3. The summed E-state index contributed by atoms with van der Waals surface area (Å²) in [6, 6.07) is 9.99. The molecule has 0 bridgehead atoms. The Balaban J connectivity index is 2.09. The first-order chi connectivity index (χ1) is 9.58. The van der Waals surface area contributed by atoms with Gasteiger partial charge in [0.2, 0.25) is 5.91 Å². The van der Waals surface area contributed by atoms with Crippen LogP contribution in [-0.2, 0) is 5.75 Å². The molecule has 5 nitrogen and oxygen atoms in total. The molecule has 0 unspecified atom stereocenters. The molecule has 6 heteroatoms. The standard InChI is InChI=1S/C14H12N2O3S/c15-12(17)10-5-3-9(4-6-10)8-20-13-11(14(18)19)2-1-7-16-13/h1-7H,8H2,(H2,15,17)(H,18,19). The molecule has 0 radical (unpaired) electrons. The van der Waals surface area contributed by atoms with Crippen LogP contribution in [-0.4, -0.2) is 22.0 Å². The molecule has 2 rings (SSSR count). The fourth-order valence-corrected chi connectivity index (χ4v) is 2.53. The molecule has 1 amide bonds. The first-order valence-electron chi connectivity index (χ1n) is 5.78. The molecule has 0 atom stereocenters. The molecular weight excluding hydrogens is 276 g/mol. The molecule has 20 heavy (non-hydrogen) atoms. The molecule has 0 fully saturated rings. The van der Waals surface area contributed by atoms with Crippen LogP contribution in [0.25, 0.3) is 0 Å². The highest BCUT2D eigenvalue weighted by molar-refractivity contribution is 7.98. The summed E-state index contributed by atoms with van der Waals surface area (Å²) in [6.45, 7) is 0. The Morgan fingerprint density at radius 3 is 2.50 bits per heavy atom. The number of nitrogens with zero attached hydrogens (tertiary/aromatic N) is 1. The average molecular weight is 288 g/mol. The van der Waals surface area contributed by atoms with E-state index in [4.69, 9.17) is 10.8 Å². The van der Waals surface area contributed by atoms with Crippen molar-refractivity contribution in [3.05, 3.63) is 59.3 Å². The van der Waals surface area contributed by atoms with Gasteiger partial charge in [0.1, 0.15) is 5.03 Å². The summed E-state index contributed by atoms with van der Waals surface area (Å²) in [7, 11) is 0. The smallest absolute Gasteiger partial charge is 0.338 e. The van der Waals surface area contributed by atoms with Gasteiger partial charge in [0.05, 0.1) is 5.56 Å². The topological polar surface area (TPSA) is 93.3 Å². The Morgan fingerprint density at radius 2 is 1.90 bits per heavy atom. The molecule has 3 N–H and O–H groups in total. The monoisotopic (exact) mass is 288 g/mol. The second-order valence-corrected chi connectivity index (χ2v) is 4.98. The zero-order chi connectivity index (χ0) is 14.5. The molecule has 0 aliphatic rings. The largest absolute Gasteiger partial charge is 0.478 e. The molecule has 0 aliphatic heterocycles. The van der Waals surface area contributed by atoms with E-state index in [-0.39, 0.29) is 5.56 Å². The SMILES string of the molecule is NC(=O)c1ccc(CSc2ncccc2C(=O)O)cc1. The maximum Gasteiger partial charge on any atom is 0.338 e. The Kier molecular flexibility index (Phi) is 4.37. The summed E-state index contributed by atoms with van der Waals surface area (Å²) in [5, 5.41) is 9.53. The first kappa shape index (κ1) is 14.1. The molecule has 1 aromatic carbocycles. The molecular formula is C14H12N2O3S. The Morgan fingerprint density at radius 1 is 1.20 bits per heavy atom. The number of hydrogen-bond donors (Lipinski definition) is 2. The van der Waals surface area contributed by atoms with E-state index >= 15 is 0 Å². The molecule has 0 aliphatic carbocycles. The van der Waals surface area contributed by atoms with E-state index in [2.05, 4.69) is 4.98 Å². The van der Waals surface area contributed by atoms with Crippen LogP contribution in [0.2, 0.25) is 0 Å². The summed E-state index contributed by atoms with van der Waals surface area (Å²) >= 11 is 1.33. The third kappa shape index (κ3) is 3.36. The van der Waals surface area contributed by atoms with Crippen molar-refractivity contribution in [2.45, 2.75) is 10.8 Å². The van der Waals surface area contributed by atoms with Gasteiger partial charge in [0.15, 0.2) is 0 Å². The number of aromatic nitrogens is 1. The minimum atomic E-state index is -0.996. The van der Waals surface area contributed by atoms with Crippen LogP contribution in [0, 0.1) is 0 Å². The van der Waals surface area contributed by atoms with Crippen molar-refractivity contribution in [2.24, 2.45) is 5.73 Å². The third-order valence-electron chi connectivity index (χ3n) is 2.62. The van der Waals surface area contributed by atoms with Gasteiger partial charge in [-0.25, -0.2) is 9.78 Å². The molecule has 1 aromatic heterocycles. The number of aromatic carboxylic acids is 1. The third-order valence-corrected chi connectivity index (χ3v) is 3.69. The Labute approximate surface area is 119 Å². The van der Waals surface area contributed by atoms with Crippen LogP contribution < -0.4 is 5.73 Å². The fourth-order valence-electron chi connectivity index (χ4n) is 1.59. The van der Waals surface area contributed by atoms with Gasteiger partial charge in [-0.3, -0.25) is 4.79 Å². The molecule has 0 saturated carbocycles. The van der Waals surface area contributed by atoms with E-state index in [1.807, 2.05) is 0 Å². The summed E-state index contributed by atoms with van der Waals surface area (Å²) in [5.74, 6) is -0.900. The van der Waals surface area contributed by atoms with Gasteiger partial charge >= 0.3 is 5.97 Å². The summed E-state index contributed by atoms with van der Waals surface area (Å²) in [6.07, 6.45) is 1.56. The van der Waals surface area contributed by atoms with E-state index in [0.29, 0.717) is 16.3 Å². The number of hydrogen-bond acceptors (Lipinski definition) is 4. The lowest BCUT2D eigenvalue weighted by Gasteiger charge is -2.05. The van der Waals surface area contributed by atoms with Crippen molar-refractivity contribution < 1.29 is 14.7 Å². The molecule has 1 heterocycles. The van der Waals surface area contributed by atoms with Crippen molar-refractivity contribution in [3.8, 4) is 0 Å². The van der Waals surface area contributed by atoms with Crippen LogP contribution in [0.1, 0.15) is 26.3 Å². The first-order valence-corrected chi connectivity index (χ1v) is 6.76. The Hall–Kier alpha value is -2.34. The van der Waals surface area contributed by atoms with Gasteiger partial charge < -0.3 is 10.8 Å². The number of rotatable bonds is 5. The zero-order valence-electron chi connectivity index (χ0n) is 10.4. The fraction of sp³-hybridized carbons (Fsp3) is 0.0714. The van der Waals surface area contributed by atoms with E-state index in [9.17, 15) is 9.59 Å². The van der Waals surface area contributed by atoms with Gasteiger partial charge in [-0.2, -0.15) is 0 Å². The van der Waals surface area contributed by atoms with E-state index in [1.54, 1.807) is 36.5 Å². The minimum Gasteiger partial charge on any atom is -0.478 e. The predicted molar refractivity (Wildman–Crippen MR) is 75.7 cm³/mol. The predicted octanol–water partition coefficient (Wildman–Crippen LogP) is 2.17. The number of thioether (sulfide) groups is 1. The highest BCUT2D eigenvalue weighted by atomic mass is 32.2.